The molecule has 1 aliphatic rings. The first-order valence-corrected chi connectivity index (χ1v) is 4.66. The van der Waals surface area contributed by atoms with Crippen LogP contribution >= 0.6 is 0 Å². The van der Waals surface area contributed by atoms with Gasteiger partial charge in [0.1, 0.15) is 0 Å². The number of likely N-dealkylation sites (tertiary alicyclic amines) is 1. The molecule has 0 radical (unpaired) electrons. The predicted octanol–water partition coefficient (Wildman–Crippen LogP) is 0.386. The summed E-state index contributed by atoms with van der Waals surface area (Å²) in [6.45, 7) is -0.119. The molecule has 0 aromatic carbocycles. The largest absolute Gasteiger partial charge is 0.332 e. The van der Waals surface area contributed by atoms with E-state index in [2.05, 4.69) is 5.32 Å². The Morgan fingerprint density at radius 3 is 2.50 bits per heavy atom. The fraction of sp³-hybridized carbons (Fsp3) is 0.875. The molecular weight excluding hydrogens is 192 g/mol. The van der Waals surface area contributed by atoms with E-state index in [0.717, 1.165) is 12.8 Å². The second kappa shape index (κ2) is 4.54. The molecule has 0 unspecified atom stereocenters. The third kappa shape index (κ3) is 3.10. The monoisotopic (exact) mass is 207 g/mol. The van der Waals surface area contributed by atoms with Crippen LogP contribution in [-0.2, 0) is 0 Å². The third-order valence-corrected chi connectivity index (χ3v) is 2.19. The zero-order valence-electron chi connectivity index (χ0n) is 7.93. The van der Waals surface area contributed by atoms with E-state index in [1.54, 1.807) is 0 Å². The van der Waals surface area contributed by atoms with Crippen molar-refractivity contribution in [3.05, 3.63) is 0 Å². The van der Waals surface area contributed by atoms with Gasteiger partial charge in [0.2, 0.25) is 0 Å². The minimum absolute atomic E-state index is 0.421. The lowest BCUT2D eigenvalue weighted by molar-refractivity contribution is 0.0134. The number of nitrogens with one attached hydrogen (secondary N) is 1. The Balaban J connectivity index is 2.27. The zero-order valence-corrected chi connectivity index (χ0v) is 7.93. The molecule has 3 N–H and O–H groups in total. The predicted molar refractivity (Wildman–Crippen MR) is 48.2 cm³/mol. The number of nitrogens with two attached hydrogens (primary N) is 1. The minimum Gasteiger partial charge on any atom is -0.332 e. The Bertz CT molecular complexity index is 205. The Kier molecular flexibility index (Phi) is 3.62. The van der Waals surface area contributed by atoms with E-state index in [4.69, 9.17) is 5.73 Å². The molecule has 0 atom stereocenters. The Morgan fingerprint density at radius 1 is 1.43 bits per heavy atom. The molecule has 6 heteroatoms. The number of amides is 2. The highest BCUT2D eigenvalue weighted by Gasteiger charge is 2.28. The summed E-state index contributed by atoms with van der Waals surface area (Å²) in [6.07, 6.45) is 1.89. The number of hydrogen-bond donors (Lipinski definition) is 2. The maximum Gasteiger partial charge on any atom is 0.317 e. The molecule has 0 bridgehead atoms. The smallest absolute Gasteiger partial charge is 0.317 e. The topological polar surface area (TPSA) is 58.4 Å². The van der Waals surface area contributed by atoms with E-state index >= 15 is 0 Å². The van der Waals surface area contributed by atoms with Crippen LogP contribution in [0.2, 0.25) is 0 Å². The van der Waals surface area contributed by atoms with E-state index in [-0.39, 0.29) is 0 Å². The van der Waals surface area contributed by atoms with E-state index in [1.165, 1.54) is 4.90 Å². The van der Waals surface area contributed by atoms with Gasteiger partial charge in [-0.3, -0.25) is 0 Å². The molecule has 82 valence electrons. The number of alkyl halides is 2. The lowest BCUT2D eigenvalue weighted by Gasteiger charge is -2.19. The van der Waals surface area contributed by atoms with Gasteiger partial charge in [-0.15, -0.1) is 0 Å². The molecule has 1 saturated heterocycles. The molecule has 1 rings (SSSR count). The highest BCUT2D eigenvalue weighted by atomic mass is 19.3. The van der Waals surface area contributed by atoms with Crippen LogP contribution in [0.3, 0.4) is 0 Å². The number of rotatable bonds is 3. The Morgan fingerprint density at radius 2 is 2.00 bits per heavy atom. The Labute approximate surface area is 81.4 Å². The summed E-state index contributed by atoms with van der Waals surface area (Å²) in [5, 5.41) is 2.17. The molecule has 1 heterocycles. The van der Waals surface area contributed by atoms with Gasteiger partial charge < -0.3 is 16.0 Å². The first kappa shape index (κ1) is 11.2. The van der Waals surface area contributed by atoms with Gasteiger partial charge in [-0.05, 0) is 12.8 Å². The van der Waals surface area contributed by atoms with Crippen LogP contribution in [-0.4, -0.2) is 43.0 Å². The fourth-order valence-corrected chi connectivity index (χ4v) is 1.31. The van der Waals surface area contributed by atoms with E-state index < -0.39 is 25.0 Å². The summed E-state index contributed by atoms with van der Waals surface area (Å²) in [5.74, 6) is -3.00. The highest BCUT2D eigenvalue weighted by Crippen LogP contribution is 2.10. The quantitative estimate of drug-likeness (QED) is 0.703. The van der Waals surface area contributed by atoms with Gasteiger partial charge in [-0.2, -0.15) is 0 Å². The number of carbonyl (C=O) groups is 1. The number of carbonyl (C=O) groups excluding carboxylic acids is 1. The van der Waals surface area contributed by atoms with Crippen molar-refractivity contribution in [2.24, 2.45) is 5.73 Å². The van der Waals surface area contributed by atoms with Crippen molar-refractivity contribution in [2.45, 2.75) is 18.8 Å². The van der Waals surface area contributed by atoms with Crippen molar-refractivity contribution in [1.29, 1.82) is 0 Å². The lowest BCUT2D eigenvalue weighted by atomic mass is 10.3. The van der Waals surface area contributed by atoms with Gasteiger partial charge in [0.15, 0.2) is 0 Å². The molecule has 0 saturated carbocycles. The van der Waals surface area contributed by atoms with Gasteiger partial charge in [0.05, 0.1) is 13.1 Å². The van der Waals surface area contributed by atoms with Crippen molar-refractivity contribution in [2.75, 3.05) is 26.2 Å². The van der Waals surface area contributed by atoms with Gasteiger partial charge in [-0.1, -0.05) is 0 Å². The lowest BCUT2D eigenvalue weighted by Crippen LogP contribution is -2.46. The molecule has 1 aliphatic heterocycles. The molecule has 2 amide bonds. The number of hydrogen-bond acceptors (Lipinski definition) is 2. The summed E-state index contributed by atoms with van der Waals surface area (Å²) >= 11 is 0. The number of halogens is 2. The minimum atomic E-state index is -3.00. The van der Waals surface area contributed by atoms with Crippen LogP contribution < -0.4 is 11.1 Å². The fourth-order valence-electron chi connectivity index (χ4n) is 1.31. The van der Waals surface area contributed by atoms with Crippen LogP contribution in [0.5, 0.6) is 0 Å². The first-order valence-electron chi connectivity index (χ1n) is 4.66. The van der Waals surface area contributed by atoms with E-state index in [1.807, 2.05) is 0 Å². The summed E-state index contributed by atoms with van der Waals surface area (Å²) in [6, 6.07) is -0.421. The van der Waals surface area contributed by atoms with E-state index in [9.17, 15) is 13.6 Å². The van der Waals surface area contributed by atoms with E-state index in [0.29, 0.717) is 13.1 Å². The molecule has 0 spiro atoms. The van der Waals surface area contributed by atoms with Crippen LogP contribution in [0, 0.1) is 0 Å². The highest BCUT2D eigenvalue weighted by molar-refractivity contribution is 5.74. The van der Waals surface area contributed by atoms with Crippen molar-refractivity contribution in [3.63, 3.8) is 0 Å². The van der Waals surface area contributed by atoms with Crippen molar-refractivity contribution in [3.8, 4) is 0 Å². The molecule has 0 aromatic heterocycles. The average Bonchev–Trinajstić information content (AvgIpc) is 2.67. The first-order chi connectivity index (χ1) is 6.55. The number of nitrogens with zero attached hydrogens (tertiary/aromatic N) is 1. The van der Waals surface area contributed by atoms with Crippen molar-refractivity contribution >= 4 is 6.03 Å². The van der Waals surface area contributed by atoms with Crippen LogP contribution in [0.4, 0.5) is 13.6 Å². The maximum absolute atomic E-state index is 12.6. The second-order valence-electron chi connectivity index (χ2n) is 3.41. The molecule has 14 heavy (non-hydrogen) atoms. The normalized spacial score (nSPS) is 17.2. The Hall–Kier alpha value is -0.910. The van der Waals surface area contributed by atoms with Gasteiger partial charge in [-0.25, -0.2) is 13.6 Å². The van der Waals surface area contributed by atoms with Crippen LogP contribution in [0.15, 0.2) is 0 Å². The standard InChI is InChI=1S/C8H15F2N3O/c9-8(10,5-11)6-12-7(14)13-3-1-2-4-13/h1-6,11H2,(H,12,14). The van der Waals surface area contributed by atoms with Gasteiger partial charge >= 0.3 is 6.03 Å². The second-order valence-corrected chi connectivity index (χ2v) is 3.41. The third-order valence-electron chi connectivity index (χ3n) is 2.19. The SMILES string of the molecule is NCC(F)(F)CNC(=O)N1CCCC1. The molecular formula is C8H15F2N3O. The van der Waals surface area contributed by atoms with Crippen LogP contribution in [0.1, 0.15) is 12.8 Å². The molecule has 0 aliphatic carbocycles. The molecule has 4 nitrogen and oxygen atoms in total. The summed E-state index contributed by atoms with van der Waals surface area (Å²) in [4.78, 5) is 12.8. The van der Waals surface area contributed by atoms with Gasteiger partial charge in [0.25, 0.3) is 5.92 Å². The zero-order chi connectivity index (χ0) is 10.6. The summed E-state index contributed by atoms with van der Waals surface area (Å²) in [7, 11) is 0. The maximum atomic E-state index is 12.6. The molecule has 1 fully saturated rings. The molecule has 0 aromatic rings. The summed E-state index contributed by atoms with van der Waals surface area (Å²) in [5.41, 5.74) is 4.83. The summed E-state index contributed by atoms with van der Waals surface area (Å²) < 4.78 is 25.3. The van der Waals surface area contributed by atoms with Crippen LogP contribution in [0.25, 0.3) is 0 Å². The van der Waals surface area contributed by atoms with Crippen molar-refractivity contribution < 1.29 is 13.6 Å². The van der Waals surface area contributed by atoms with Gasteiger partial charge in [0, 0.05) is 13.1 Å². The number of urea groups is 1. The van der Waals surface area contributed by atoms with Crippen molar-refractivity contribution in [1.82, 2.24) is 10.2 Å². The average molecular weight is 207 g/mol.